The number of hydrogen-bond donors (Lipinski definition) is 0. The first-order valence-electron chi connectivity index (χ1n) is 6.23. The summed E-state index contributed by atoms with van der Waals surface area (Å²) in [5, 5.41) is 0. The molecule has 1 aromatic heterocycles. The van der Waals surface area contributed by atoms with Gasteiger partial charge in [0.25, 0.3) is 0 Å². The normalized spacial score (nSPS) is 28.6. The van der Waals surface area contributed by atoms with Crippen LogP contribution in [0, 0.1) is 18.3 Å². The van der Waals surface area contributed by atoms with Crippen molar-refractivity contribution in [2.45, 2.75) is 47.0 Å². The van der Waals surface area contributed by atoms with E-state index in [4.69, 9.17) is 9.47 Å². The molecule has 0 amide bonds. The van der Waals surface area contributed by atoms with Crippen LogP contribution in [0.15, 0.2) is 12.1 Å². The zero-order valence-electron chi connectivity index (χ0n) is 11.3. The first-order valence-corrected chi connectivity index (χ1v) is 7.05. The fraction of sp³-hybridized carbons (Fsp3) is 0.714. The predicted octanol–water partition coefficient (Wildman–Crippen LogP) is 4.15. The van der Waals surface area contributed by atoms with Crippen LogP contribution in [-0.4, -0.2) is 12.7 Å². The molecule has 2 nitrogen and oxygen atoms in total. The molecule has 0 N–H and O–H groups in total. The molecule has 1 fully saturated rings. The van der Waals surface area contributed by atoms with Crippen molar-refractivity contribution >= 4 is 11.3 Å². The number of rotatable bonds is 2. The Labute approximate surface area is 108 Å². The molecule has 96 valence electrons. The minimum Gasteiger partial charge on any atom is -0.347 e. The predicted molar refractivity (Wildman–Crippen MR) is 71.2 cm³/mol. The number of hydrogen-bond acceptors (Lipinski definition) is 3. The topological polar surface area (TPSA) is 18.5 Å². The van der Waals surface area contributed by atoms with Crippen LogP contribution in [0.25, 0.3) is 0 Å². The smallest absolute Gasteiger partial charge is 0.193 e. The van der Waals surface area contributed by atoms with E-state index < -0.39 is 0 Å². The fourth-order valence-corrected chi connectivity index (χ4v) is 3.38. The summed E-state index contributed by atoms with van der Waals surface area (Å²) in [6.45, 7) is 11.7. The lowest BCUT2D eigenvalue weighted by Gasteiger charge is -2.43. The van der Waals surface area contributed by atoms with Gasteiger partial charge in [-0.05, 0) is 25.0 Å². The zero-order chi connectivity index (χ0) is 12.6. The van der Waals surface area contributed by atoms with Crippen LogP contribution in [0.5, 0.6) is 0 Å². The molecule has 0 aromatic carbocycles. The van der Waals surface area contributed by atoms with Gasteiger partial charge in [-0.15, -0.1) is 11.3 Å². The van der Waals surface area contributed by atoms with Crippen molar-refractivity contribution in [2.24, 2.45) is 11.3 Å². The summed E-state index contributed by atoms with van der Waals surface area (Å²) < 4.78 is 12.0. The monoisotopic (exact) mass is 254 g/mol. The molecule has 2 atom stereocenters. The average molecular weight is 254 g/mol. The fourth-order valence-electron chi connectivity index (χ4n) is 2.52. The van der Waals surface area contributed by atoms with Gasteiger partial charge in [0.05, 0.1) is 17.6 Å². The summed E-state index contributed by atoms with van der Waals surface area (Å²) in [5.74, 6) is 0.512. The molecule has 0 radical (unpaired) electrons. The van der Waals surface area contributed by atoms with Gasteiger partial charge < -0.3 is 9.47 Å². The molecule has 0 aliphatic carbocycles. The van der Waals surface area contributed by atoms with E-state index >= 15 is 0 Å². The highest BCUT2D eigenvalue weighted by molar-refractivity contribution is 7.11. The van der Waals surface area contributed by atoms with E-state index in [0.717, 1.165) is 6.61 Å². The van der Waals surface area contributed by atoms with Crippen molar-refractivity contribution in [3.05, 3.63) is 21.9 Å². The van der Waals surface area contributed by atoms with Crippen LogP contribution in [0.3, 0.4) is 0 Å². The third-order valence-electron chi connectivity index (χ3n) is 3.25. The Kier molecular flexibility index (Phi) is 3.62. The molecule has 3 heteroatoms. The molecule has 0 spiro atoms. The Bertz CT molecular complexity index is 381. The molecule has 1 saturated heterocycles. The van der Waals surface area contributed by atoms with Gasteiger partial charge in [-0.25, -0.2) is 0 Å². The molecule has 0 saturated carbocycles. The summed E-state index contributed by atoms with van der Waals surface area (Å²) in [6.07, 6.45) is 0.0813. The molecular formula is C14H22O2S. The van der Waals surface area contributed by atoms with Crippen molar-refractivity contribution in [1.29, 1.82) is 0 Å². The van der Waals surface area contributed by atoms with Crippen LogP contribution in [0.1, 0.15) is 43.7 Å². The van der Waals surface area contributed by atoms with Gasteiger partial charge in [0.15, 0.2) is 6.29 Å². The van der Waals surface area contributed by atoms with E-state index in [9.17, 15) is 0 Å². The van der Waals surface area contributed by atoms with Crippen LogP contribution in [0.2, 0.25) is 0 Å². The Morgan fingerprint density at radius 1 is 1.35 bits per heavy atom. The average Bonchev–Trinajstić information content (AvgIpc) is 2.64. The quantitative estimate of drug-likeness (QED) is 0.789. The largest absolute Gasteiger partial charge is 0.347 e. The maximum Gasteiger partial charge on any atom is 0.193 e. The Balaban J connectivity index is 2.14. The number of thiophene rings is 1. The first-order chi connectivity index (χ1) is 7.90. The van der Waals surface area contributed by atoms with Gasteiger partial charge in [-0.3, -0.25) is 0 Å². The van der Waals surface area contributed by atoms with E-state index in [2.05, 4.69) is 46.8 Å². The standard InChI is InChI=1S/C14H22O2S/c1-9(2)12-14(4,5)8-15-13(16-12)11-7-6-10(3)17-11/h6-7,9,12-13H,8H2,1-5H3. The molecule has 1 aromatic rings. The lowest BCUT2D eigenvalue weighted by molar-refractivity contribution is -0.273. The number of ether oxygens (including phenoxy) is 2. The molecule has 2 rings (SSSR count). The second-order valence-corrected chi connectivity index (χ2v) is 7.20. The summed E-state index contributed by atoms with van der Waals surface area (Å²) >= 11 is 1.76. The van der Waals surface area contributed by atoms with Crippen molar-refractivity contribution < 1.29 is 9.47 Å². The SMILES string of the molecule is Cc1ccc(C2OCC(C)(C)C(C(C)C)O2)s1. The summed E-state index contributed by atoms with van der Waals surface area (Å²) in [6, 6.07) is 4.23. The molecule has 1 aliphatic heterocycles. The zero-order valence-corrected chi connectivity index (χ0v) is 12.1. The van der Waals surface area contributed by atoms with E-state index in [0.29, 0.717) is 5.92 Å². The summed E-state index contributed by atoms with van der Waals surface area (Å²) in [4.78, 5) is 2.49. The molecule has 17 heavy (non-hydrogen) atoms. The summed E-state index contributed by atoms with van der Waals surface area (Å²) in [7, 11) is 0. The number of aryl methyl sites for hydroxylation is 1. The van der Waals surface area contributed by atoms with Gasteiger partial charge in [0, 0.05) is 10.3 Å². The van der Waals surface area contributed by atoms with Crippen molar-refractivity contribution in [2.75, 3.05) is 6.61 Å². The third kappa shape index (κ3) is 2.72. The van der Waals surface area contributed by atoms with E-state index in [1.807, 2.05) is 0 Å². The first kappa shape index (κ1) is 13.1. The van der Waals surface area contributed by atoms with Gasteiger partial charge in [0.2, 0.25) is 0 Å². The molecule has 2 unspecified atom stereocenters. The Hall–Kier alpha value is -0.380. The van der Waals surface area contributed by atoms with Gasteiger partial charge in [-0.2, -0.15) is 0 Å². The maximum atomic E-state index is 6.15. The second-order valence-electron chi connectivity index (χ2n) is 5.88. The van der Waals surface area contributed by atoms with Crippen molar-refractivity contribution in [1.82, 2.24) is 0 Å². The Morgan fingerprint density at radius 2 is 2.06 bits per heavy atom. The highest BCUT2D eigenvalue weighted by atomic mass is 32.1. The lowest BCUT2D eigenvalue weighted by atomic mass is 9.80. The maximum absolute atomic E-state index is 6.15. The van der Waals surface area contributed by atoms with Crippen LogP contribution >= 0.6 is 11.3 Å². The molecule has 1 aliphatic rings. The van der Waals surface area contributed by atoms with Crippen LogP contribution in [-0.2, 0) is 9.47 Å². The van der Waals surface area contributed by atoms with Crippen LogP contribution in [0.4, 0.5) is 0 Å². The van der Waals surface area contributed by atoms with Crippen molar-refractivity contribution in [3.63, 3.8) is 0 Å². The third-order valence-corrected chi connectivity index (χ3v) is 4.27. The molecular weight excluding hydrogens is 232 g/mol. The van der Waals surface area contributed by atoms with Gasteiger partial charge >= 0.3 is 0 Å². The van der Waals surface area contributed by atoms with E-state index in [1.165, 1.54) is 9.75 Å². The van der Waals surface area contributed by atoms with Crippen LogP contribution < -0.4 is 0 Å². The highest BCUT2D eigenvalue weighted by Gasteiger charge is 2.40. The molecule has 0 bridgehead atoms. The minimum atomic E-state index is -0.172. The lowest BCUT2D eigenvalue weighted by Crippen LogP contribution is -2.45. The van der Waals surface area contributed by atoms with Gasteiger partial charge in [0.1, 0.15) is 0 Å². The second kappa shape index (κ2) is 4.71. The van der Waals surface area contributed by atoms with E-state index in [-0.39, 0.29) is 17.8 Å². The Morgan fingerprint density at radius 3 is 2.59 bits per heavy atom. The summed E-state index contributed by atoms with van der Waals surface area (Å²) in [5.41, 5.74) is 0.0942. The van der Waals surface area contributed by atoms with Crippen molar-refractivity contribution in [3.8, 4) is 0 Å². The minimum absolute atomic E-state index is 0.0942. The molecule has 2 heterocycles. The van der Waals surface area contributed by atoms with Gasteiger partial charge in [-0.1, -0.05) is 27.7 Å². The highest BCUT2D eigenvalue weighted by Crippen LogP contribution is 2.40. The van der Waals surface area contributed by atoms with E-state index in [1.54, 1.807) is 11.3 Å².